The van der Waals surface area contributed by atoms with Gasteiger partial charge in [-0.05, 0) is 75.5 Å². The van der Waals surface area contributed by atoms with Crippen LogP contribution in [-0.2, 0) is 5.41 Å². The molecule has 0 amide bonds. The van der Waals surface area contributed by atoms with Gasteiger partial charge in [-0.15, -0.1) is 0 Å². The Morgan fingerprint density at radius 3 is 1.81 bits per heavy atom. The van der Waals surface area contributed by atoms with E-state index in [1.807, 2.05) is 24.3 Å². The molecule has 0 aromatic heterocycles. The molecule has 2 heteroatoms. The van der Waals surface area contributed by atoms with Crippen LogP contribution in [0.25, 0.3) is 11.1 Å². The minimum absolute atomic E-state index is 0.254. The Kier molecular flexibility index (Phi) is 4.59. The van der Waals surface area contributed by atoms with Gasteiger partial charge in [-0.2, -0.15) is 0 Å². The van der Waals surface area contributed by atoms with Gasteiger partial charge in [-0.25, -0.2) is 0 Å². The van der Waals surface area contributed by atoms with Crippen molar-refractivity contribution < 1.29 is 10.2 Å². The van der Waals surface area contributed by atoms with E-state index in [9.17, 15) is 10.2 Å². The van der Waals surface area contributed by atoms with Gasteiger partial charge >= 0.3 is 0 Å². The van der Waals surface area contributed by atoms with Gasteiger partial charge in [0.15, 0.2) is 0 Å². The SMILES string of the molecule is CCC(C)c1cccc2c1-c1ccccc1C2(c1ccc(O)cc1)c1ccc(O)cc1. The first kappa shape index (κ1) is 19.4. The monoisotopic (exact) mass is 406 g/mol. The molecule has 5 rings (SSSR count). The van der Waals surface area contributed by atoms with E-state index in [-0.39, 0.29) is 11.5 Å². The lowest BCUT2D eigenvalue weighted by atomic mass is 9.67. The summed E-state index contributed by atoms with van der Waals surface area (Å²) >= 11 is 0. The predicted octanol–water partition coefficient (Wildman–Crippen LogP) is 6.97. The average Bonchev–Trinajstić information content (AvgIpc) is 3.11. The van der Waals surface area contributed by atoms with Crippen LogP contribution in [0.3, 0.4) is 0 Å². The lowest BCUT2D eigenvalue weighted by Gasteiger charge is -2.34. The van der Waals surface area contributed by atoms with Crippen LogP contribution in [0, 0.1) is 0 Å². The van der Waals surface area contributed by atoms with Gasteiger partial charge in [-0.1, -0.05) is 80.6 Å². The summed E-state index contributed by atoms with van der Waals surface area (Å²) in [4.78, 5) is 0. The van der Waals surface area contributed by atoms with Crippen molar-refractivity contribution in [1.29, 1.82) is 0 Å². The van der Waals surface area contributed by atoms with Crippen molar-refractivity contribution in [3.63, 3.8) is 0 Å². The van der Waals surface area contributed by atoms with Gasteiger partial charge in [0.1, 0.15) is 11.5 Å². The number of fused-ring (bicyclic) bond motifs is 3. The largest absolute Gasteiger partial charge is 0.508 e. The molecule has 4 aromatic rings. The van der Waals surface area contributed by atoms with Gasteiger partial charge in [0.2, 0.25) is 0 Å². The highest BCUT2D eigenvalue weighted by atomic mass is 16.3. The van der Waals surface area contributed by atoms with Crippen molar-refractivity contribution in [1.82, 2.24) is 0 Å². The molecule has 0 spiro atoms. The molecule has 1 unspecified atom stereocenters. The molecule has 2 N–H and O–H groups in total. The fourth-order valence-corrected chi connectivity index (χ4v) is 5.20. The standard InChI is InChI=1S/C29H26O2/c1-3-19(2)24-8-6-10-27-28(24)25-7-4-5-9-26(25)29(27,20-11-15-22(30)16-12-20)21-13-17-23(31)18-14-21/h4-19,30-31H,3H2,1-2H3. The second-order valence-electron chi connectivity index (χ2n) is 8.47. The second-order valence-corrected chi connectivity index (χ2v) is 8.47. The first-order valence-corrected chi connectivity index (χ1v) is 10.9. The zero-order valence-electron chi connectivity index (χ0n) is 17.8. The van der Waals surface area contributed by atoms with Crippen LogP contribution in [0.15, 0.2) is 91.0 Å². The van der Waals surface area contributed by atoms with Crippen LogP contribution in [-0.4, -0.2) is 10.2 Å². The Morgan fingerprint density at radius 1 is 0.677 bits per heavy atom. The minimum Gasteiger partial charge on any atom is -0.508 e. The average molecular weight is 407 g/mol. The fourth-order valence-electron chi connectivity index (χ4n) is 5.20. The van der Waals surface area contributed by atoms with E-state index in [1.54, 1.807) is 24.3 Å². The van der Waals surface area contributed by atoms with Gasteiger partial charge < -0.3 is 10.2 Å². The summed E-state index contributed by atoms with van der Waals surface area (Å²) in [5.74, 6) is 0.951. The zero-order chi connectivity index (χ0) is 21.6. The van der Waals surface area contributed by atoms with Crippen LogP contribution in [0.4, 0.5) is 0 Å². The molecule has 0 saturated carbocycles. The van der Waals surface area contributed by atoms with Crippen LogP contribution in [0.1, 0.15) is 54.0 Å². The molecule has 1 aliphatic carbocycles. The first-order chi connectivity index (χ1) is 15.1. The van der Waals surface area contributed by atoms with Crippen LogP contribution in [0.2, 0.25) is 0 Å². The number of aromatic hydroxyl groups is 2. The molecular weight excluding hydrogens is 380 g/mol. The summed E-state index contributed by atoms with van der Waals surface area (Å²) in [5.41, 5.74) is 8.11. The summed E-state index contributed by atoms with van der Waals surface area (Å²) in [5, 5.41) is 20.0. The highest BCUT2D eigenvalue weighted by Crippen LogP contribution is 2.57. The third-order valence-corrected chi connectivity index (χ3v) is 6.85. The maximum absolute atomic E-state index is 10.00. The Morgan fingerprint density at radius 2 is 1.23 bits per heavy atom. The maximum atomic E-state index is 10.00. The van der Waals surface area contributed by atoms with E-state index in [4.69, 9.17) is 0 Å². The molecule has 2 nitrogen and oxygen atoms in total. The summed E-state index contributed by atoms with van der Waals surface area (Å²) in [6, 6.07) is 30.4. The van der Waals surface area contributed by atoms with E-state index < -0.39 is 5.41 Å². The molecule has 0 saturated heterocycles. The molecule has 4 aromatic carbocycles. The minimum atomic E-state index is -0.517. The van der Waals surface area contributed by atoms with Crippen LogP contribution >= 0.6 is 0 Å². The molecule has 0 radical (unpaired) electrons. The second kappa shape index (κ2) is 7.31. The van der Waals surface area contributed by atoms with Crippen LogP contribution in [0.5, 0.6) is 11.5 Å². The van der Waals surface area contributed by atoms with Gasteiger partial charge in [-0.3, -0.25) is 0 Å². The van der Waals surface area contributed by atoms with Crippen molar-refractivity contribution in [3.8, 4) is 22.6 Å². The summed E-state index contributed by atoms with van der Waals surface area (Å²) in [6.07, 6.45) is 1.07. The number of phenolic OH excluding ortho intramolecular Hbond substituents is 2. The van der Waals surface area contributed by atoms with Gasteiger partial charge in [0.25, 0.3) is 0 Å². The topological polar surface area (TPSA) is 40.5 Å². The van der Waals surface area contributed by atoms with Gasteiger partial charge in [0.05, 0.1) is 5.41 Å². The number of rotatable bonds is 4. The molecule has 1 aliphatic rings. The smallest absolute Gasteiger partial charge is 0.115 e. The van der Waals surface area contributed by atoms with E-state index in [0.717, 1.165) is 17.5 Å². The molecule has 1 atom stereocenters. The van der Waals surface area contributed by atoms with Crippen LogP contribution < -0.4 is 0 Å². The highest BCUT2D eigenvalue weighted by molar-refractivity contribution is 5.88. The summed E-state index contributed by atoms with van der Waals surface area (Å²) in [7, 11) is 0. The Balaban J connectivity index is 1.95. The summed E-state index contributed by atoms with van der Waals surface area (Å²) < 4.78 is 0. The molecule has 0 bridgehead atoms. The van der Waals surface area contributed by atoms with Gasteiger partial charge in [0, 0.05) is 0 Å². The Labute approximate surface area is 183 Å². The van der Waals surface area contributed by atoms with Crippen molar-refractivity contribution in [2.75, 3.05) is 0 Å². The van der Waals surface area contributed by atoms with E-state index in [1.165, 1.54) is 27.8 Å². The quantitative estimate of drug-likeness (QED) is 0.338. The molecule has 31 heavy (non-hydrogen) atoms. The maximum Gasteiger partial charge on any atom is 0.115 e. The van der Waals surface area contributed by atoms with Crippen molar-refractivity contribution in [2.24, 2.45) is 0 Å². The van der Waals surface area contributed by atoms with E-state index in [2.05, 4.69) is 56.3 Å². The molecule has 0 aliphatic heterocycles. The van der Waals surface area contributed by atoms with Crippen molar-refractivity contribution >= 4 is 0 Å². The fraction of sp³-hybridized carbons (Fsp3) is 0.172. The summed E-state index contributed by atoms with van der Waals surface area (Å²) in [6.45, 7) is 4.53. The molecular formula is C29H26O2. The molecule has 0 fully saturated rings. The number of hydrogen-bond donors (Lipinski definition) is 2. The zero-order valence-corrected chi connectivity index (χ0v) is 17.8. The Bertz CT molecular complexity index is 1190. The van der Waals surface area contributed by atoms with E-state index in [0.29, 0.717) is 5.92 Å². The van der Waals surface area contributed by atoms with Crippen molar-refractivity contribution in [3.05, 3.63) is 119 Å². The van der Waals surface area contributed by atoms with E-state index >= 15 is 0 Å². The normalized spacial score (nSPS) is 14.6. The molecule has 0 heterocycles. The number of phenols is 2. The lowest BCUT2D eigenvalue weighted by Crippen LogP contribution is -2.28. The molecule has 154 valence electrons. The highest BCUT2D eigenvalue weighted by Gasteiger charge is 2.46. The predicted molar refractivity (Wildman–Crippen MR) is 126 cm³/mol. The lowest BCUT2D eigenvalue weighted by molar-refractivity contribution is 0.475. The number of hydrogen-bond acceptors (Lipinski definition) is 2. The first-order valence-electron chi connectivity index (χ1n) is 10.9. The van der Waals surface area contributed by atoms with Crippen molar-refractivity contribution in [2.45, 2.75) is 31.6 Å². The number of benzene rings is 4. The third kappa shape index (κ3) is 2.79. The Hall–Kier alpha value is -3.52. The third-order valence-electron chi connectivity index (χ3n) is 6.85.